The number of rotatable bonds is 3. The van der Waals surface area contributed by atoms with E-state index in [4.69, 9.17) is 5.73 Å². The minimum Gasteiger partial charge on any atom is -0.399 e. The number of anilines is 2. The minimum absolute atomic E-state index is 0.278. The highest BCUT2D eigenvalue weighted by Gasteiger charge is 2.30. The number of nitrogens with two attached hydrogens (primary N) is 1. The first-order valence-corrected chi connectivity index (χ1v) is 8.37. The van der Waals surface area contributed by atoms with Crippen LogP contribution in [0.5, 0.6) is 0 Å². The highest BCUT2D eigenvalue weighted by Crippen LogP contribution is 2.25. The Kier molecular flexibility index (Phi) is 3.25. The molecule has 1 fully saturated rings. The van der Waals surface area contributed by atoms with Crippen LogP contribution in [0.1, 0.15) is 12.8 Å². The van der Waals surface area contributed by atoms with Crippen molar-refractivity contribution in [2.75, 3.05) is 23.3 Å². The van der Waals surface area contributed by atoms with E-state index >= 15 is 0 Å². The molecule has 0 saturated carbocycles. The molecule has 0 radical (unpaired) electrons. The van der Waals surface area contributed by atoms with Crippen LogP contribution in [0.3, 0.4) is 0 Å². The molecule has 1 aliphatic rings. The Morgan fingerprint density at radius 2 is 2.20 bits per heavy atom. The lowest BCUT2D eigenvalue weighted by Crippen LogP contribution is -2.25. The summed E-state index contributed by atoms with van der Waals surface area (Å²) in [7, 11) is -2.92. The molecule has 0 aliphatic carbocycles. The number of pyridine rings is 1. The fraction of sp³-hybridized carbons (Fsp3) is 0.357. The van der Waals surface area contributed by atoms with Gasteiger partial charge in [-0.15, -0.1) is 0 Å². The van der Waals surface area contributed by atoms with Gasteiger partial charge in [0.05, 0.1) is 16.5 Å². The van der Waals surface area contributed by atoms with Crippen molar-refractivity contribution >= 4 is 32.1 Å². The smallest absolute Gasteiger partial charge is 0.154 e. The van der Waals surface area contributed by atoms with Crippen molar-refractivity contribution in [3.05, 3.63) is 30.5 Å². The molecular formula is C14H17N3O2S. The predicted octanol–water partition coefficient (Wildman–Crippen LogP) is 1.81. The van der Waals surface area contributed by atoms with Crippen molar-refractivity contribution in [3.8, 4) is 0 Å². The zero-order valence-electron chi connectivity index (χ0n) is 11.0. The van der Waals surface area contributed by atoms with Crippen molar-refractivity contribution in [1.82, 2.24) is 4.98 Å². The number of fused-ring (bicyclic) bond motifs is 1. The number of nitrogens with one attached hydrogen (secondary N) is 1. The Morgan fingerprint density at radius 3 is 2.95 bits per heavy atom. The van der Waals surface area contributed by atoms with E-state index in [0.717, 1.165) is 29.4 Å². The third-order valence-electron chi connectivity index (χ3n) is 3.75. The fourth-order valence-corrected chi connectivity index (χ4v) is 4.40. The van der Waals surface area contributed by atoms with Crippen LogP contribution in [0, 0.1) is 0 Å². The minimum atomic E-state index is -2.92. The molecule has 2 heterocycles. The number of nitrogen functional groups attached to an aromatic ring is 1. The van der Waals surface area contributed by atoms with Crippen LogP contribution in [0.4, 0.5) is 11.4 Å². The van der Waals surface area contributed by atoms with E-state index < -0.39 is 9.84 Å². The van der Waals surface area contributed by atoms with Crippen LogP contribution < -0.4 is 11.1 Å². The molecule has 3 rings (SSSR count). The van der Waals surface area contributed by atoms with Crippen molar-refractivity contribution < 1.29 is 8.42 Å². The summed E-state index contributed by atoms with van der Waals surface area (Å²) in [6.45, 7) is 0.450. The van der Waals surface area contributed by atoms with E-state index in [0.29, 0.717) is 18.0 Å². The topological polar surface area (TPSA) is 85.1 Å². The summed E-state index contributed by atoms with van der Waals surface area (Å²) >= 11 is 0. The lowest BCUT2D eigenvalue weighted by atomic mass is 10.1. The van der Waals surface area contributed by atoms with Crippen molar-refractivity contribution in [1.29, 1.82) is 0 Å². The van der Waals surface area contributed by atoms with Crippen LogP contribution in [-0.4, -0.2) is 30.9 Å². The van der Waals surface area contributed by atoms with E-state index in [1.54, 1.807) is 6.20 Å². The van der Waals surface area contributed by atoms with Crippen molar-refractivity contribution in [2.45, 2.75) is 18.1 Å². The predicted molar refractivity (Wildman–Crippen MR) is 81.5 cm³/mol. The van der Waals surface area contributed by atoms with Crippen molar-refractivity contribution in [3.63, 3.8) is 0 Å². The monoisotopic (exact) mass is 291 g/mol. The summed E-state index contributed by atoms with van der Waals surface area (Å²) in [4.78, 5) is 4.27. The van der Waals surface area contributed by atoms with Gasteiger partial charge in [-0.2, -0.15) is 0 Å². The molecule has 3 N–H and O–H groups in total. The molecule has 0 amide bonds. The molecule has 2 aromatic rings. The number of hydrogen-bond acceptors (Lipinski definition) is 5. The van der Waals surface area contributed by atoms with Gasteiger partial charge < -0.3 is 11.1 Å². The summed E-state index contributed by atoms with van der Waals surface area (Å²) < 4.78 is 23.6. The van der Waals surface area contributed by atoms with Gasteiger partial charge in [0.25, 0.3) is 0 Å². The number of aromatic nitrogens is 1. The lowest BCUT2D eigenvalue weighted by molar-refractivity contribution is 0.591. The molecule has 1 unspecified atom stereocenters. The Balaban J connectivity index is 1.85. The Labute approximate surface area is 118 Å². The molecule has 0 spiro atoms. The fourth-order valence-electron chi connectivity index (χ4n) is 2.63. The van der Waals surface area contributed by atoms with E-state index in [-0.39, 0.29) is 5.25 Å². The van der Waals surface area contributed by atoms with E-state index in [9.17, 15) is 8.42 Å². The number of nitrogens with zero attached hydrogens (tertiary/aromatic N) is 1. The Bertz CT molecular complexity index is 743. The van der Waals surface area contributed by atoms with Gasteiger partial charge in [0.2, 0.25) is 0 Å². The van der Waals surface area contributed by atoms with Gasteiger partial charge in [0.1, 0.15) is 0 Å². The van der Waals surface area contributed by atoms with Crippen LogP contribution >= 0.6 is 0 Å². The van der Waals surface area contributed by atoms with Gasteiger partial charge in [-0.05, 0) is 37.1 Å². The highest BCUT2D eigenvalue weighted by atomic mass is 32.2. The average molecular weight is 291 g/mol. The molecule has 0 bridgehead atoms. The largest absolute Gasteiger partial charge is 0.399 e. The third-order valence-corrected chi connectivity index (χ3v) is 6.03. The zero-order chi connectivity index (χ0) is 14.2. The van der Waals surface area contributed by atoms with Gasteiger partial charge >= 0.3 is 0 Å². The van der Waals surface area contributed by atoms with Gasteiger partial charge in [-0.3, -0.25) is 4.98 Å². The molecule has 1 aliphatic heterocycles. The zero-order valence-corrected chi connectivity index (χ0v) is 11.9. The normalized spacial score (nSPS) is 21.1. The van der Waals surface area contributed by atoms with E-state index in [2.05, 4.69) is 10.3 Å². The van der Waals surface area contributed by atoms with E-state index in [1.807, 2.05) is 24.3 Å². The summed E-state index contributed by atoms with van der Waals surface area (Å²) in [6.07, 6.45) is 3.21. The van der Waals surface area contributed by atoms with Gasteiger partial charge in [0, 0.05) is 29.5 Å². The molecular weight excluding hydrogens is 274 g/mol. The maximum absolute atomic E-state index is 11.8. The number of sulfone groups is 1. The molecule has 6 heteroatoms. The number of benzene rings is 1. The van der Waals surface area contributed by atoms with Crippen LogP contribution in [0.15, 0.2) is 30.5 Å². The highest BCUT2D eigenvalue weighted by molar-refractivity contribution is 7.92. The van der Waals surface area contributed by atoms with E-state index in [1.165, 1.54) is 0 Å². The molecule has 1 saturated heterocycles. The Morgan fingerprint density at radius 1 is 1.35 bits per heavy atom. The maximum Gasteiger partial charge on any atom is 0.154 e. The quantitative estimate of drug-likeness (QED) is 0.842. The Hall–Kier alpha value is -1.82. The molecule has 1 aromatic heterocycles. The van der Waals surface area contributed by atoms with Gasteiger partial charge in [-0.1, -0.05) is 0 Å². The summed E-state index contributed by atoms with van der Waals surface area (Å²) in [5.41, 5.74) is 8.12. The molecule has 1 atom stereocenters. The standard InChI is InChI=1S/C14H17N3O2S/c15-10-3-4-12-13(5-6-16-14(12)8-10)17-9-11-2-1-7-20(11,18)19/h3-6,8,11H,1-2,7,9,15H2,(H,16,17). The van der Waals surface area contributed by atoms with Crippen molar-refractivity contribution in [2.24, 2.45) is 0 Å². The first-order valence-electron chi connectivity index (χ1n) is 6.66. The van der Waals surface area contributed by atoms with Gasteiger partial charge in [-0.25, -0.2) is 8.42 Å². The maximum atomic E-state index is 11.8. The first-order chi connectivity index (χ1) is 9.56. The lowest BCUT2D eigenvalue weighted by Gasteiger charge is -2.13. The second-order valence-corrected chi connectivity index (χ2v) is 7.55. The molecule has 20 heavy (non-hydrogen) atoms. The average Bonchev–Trinajstić information content (AvgIpc) is 2.75. The second kappa shape index (κ2) is 4.94. The summed E-state index contributed by atoms with van der Waals surface area (Å²) in [5, 5.41) is 3.92. The number of hydrogen-bond donors (Lipinski definition) is 2. The SMILES string of the molecule is Nc1ccc2c(NCC3CCCS3(=O)=O)ccnc2c1. The first kappa shape index (κ1) is 13.2. The molecule has 106 valence electrons. The summed E-state index contributed by atoms with van der Waals surface area (Å²) in [5.74, 6) is 0.312. The van der Waals surface area contributed by atoms with Crippen LogP contribution in [0.2, 0.25) is 0 Å². The van der Waals surface area contributed by atoms with Gasteiger partial charge in [0.15, 0.2) is 9.84 Å². The second-order valence-electron chi connectivity index (χ2n) is 5.15. The third kappa shape index (κ3) is 2.43. The van der Waals surface area contributed by atoms with Crippen LogP contribution in [-0.2, 0) is 9.84 Å². The molecule has 5 nitrogen and oxygen atoms in total. The van der Waals surface area contributed by atoms with Crippen LogP contribution in [0.25, 0.3) is 10.9 Å². The summed E-state index contributed by atoms with van der Waals surface area (Å²) in [6, 6.07) is 7.40. The molecule has 1 aromatic carbocycles.